The smallest absolute Gasteiger partial charge is 0.328 e. The van der Waals surface area contributed by atoms with Crippen LogP contribution < -0.4 is 25.5 Å². The first-order valence-corrected chi connectivity index (χ1v) is 11.5. The number of anilines is 2. The SMILES string of the molecule is O=C(Nc1ccc2c(c1)OCO2)C(=O)Nn1c(C(=O)Nc2ccc(Cl)cc2Cl)cc2cc(Cl)ccc21. The molecule has 0 spiro atoms. The fraction of sp³-hybridized carbons (Fsp3) is 0.0417. The minimum Gasteiger partial charge on any atom is -0.454 e. The van der Waals surface area contributed by atoms with E-state index in [9.17, 15) is 14.4 Å². The van der Waals surface area contributed by atoms with Gasteiger partial charge in [0, 0.05) is 27.2 Å². The standard InChI is InChI=1S/C24H15Cl3N4O5/c25-13-2-5-18-12(7-13)8-19(22(32)29-17-4-1-14(26)9-16(17)27)31(18)30-24(34)23(33)28-15-3-6-20-21(10-15)36-11-35-20/h1-10H,11H2,(H,28,33)(H,29,32)(H,30,34). The molecule has 0 fully saturated rings. The second-order valence-electron chi connectivity index (χ2n) is 7.61. The van der Waals surface area contributed by atoms with Crippen LogP contribution in [0.4, 0.5) is 11.4 Å². The van der Waals surface area contributed by atoms with E-state index in [0.717, 1.165) is 0 Å². The predicted octanol–water partition coefficient (Wildman–Crippen LogP) is 5.29. The van der Waals surface area contributed by atoms with Crippen molar-refractivity contribution in [3.05, 3.63) is 81.4 Å². The third-order valence-electron chi connectivity index (χ3n) is 5.23. The first-order chi connectivity index (χ1) is 17.3. The van der Waals surface area contributed by atoms with Crippen LogP contribution in [0.5, 0.6) is 11.5 Å². The third kappa shape index (κ3) is 4.76. The van der Waals surface area contributed by atoms with Gasteiger partial charge in [0.05, 0.1) is 16.2 Å². The highest BCUT2D eigenvalue weighted by molar-refractivity contribution is 6.42. The average Bonchev–Trinajstić information content (AvgIpc) is 3.44. The van der Waals surface area contributed by atoms with E-state index in [1.807, 2.05) is 0 Å². The predicted molar refractivity (Wildman–Crippen MR) is 137 cm³/mol. The molecule has 182 valence electrons. The summed E-state index contributed by atoms with van der Waals surface area (Å²) in [4.78, 5) is 38.6. The average molecular weight is 546 g/mol. The summed E-state index contributed by atoms with van der Waals surface area (Å²) in [7, 11) is 0. The summed E-state index contributed by atoms with van der Waals surface area (Å²) in [5.41, 5.74) is 3.58. The molecule has 0 saturated heterocycles. The van der Waals surface area contributed by atoms with Crippen LogP contribution >= 0.6 is 34.8 Å². The second-order valence-corrected chi connectivity index (χ2v) is 8.89. The zero-order valence-corrected chi connectivity index (χ0v) is 20.4. The van der Waals surface area contributed by atoms with Crippen molar-refractivity contribution in [1.29, 1.82) is 0 Å². The van der Waals surface area contributed by atoms with E-state index >= 15 is 0 Å². The van der Waals surface area contributed by atoms with Crippen LogP contribution in [0, 0.1) is 0 Å². The molecule has 5 rings (SSSR count). The van der Waals surface area contributed by atoms with Crippen molar-refractivity contribution in [2.24, 2.45) is 0 Å². The largest absolute Gasteiger partial charge is 0.454 e. The summed E-state index contributed by atoms with van der Waals surface area (Å²) in [6, 6.07) is 15.7. The Bertz CT molecular complexity index is 1550. The van der Waals surface area contributed by atoms with Crippen molar-refractivity contribution >= 4 is 74.8 Å². The Hall–Kier alpha value is -3.92. The minimum absolute atomic E-state index is 0.0301. The van der Waals surface area contributed by atoms with E-state index in [0.29, 0.717) is 43.8 Å². The van der Waals surface area contributed by atoms with E-state index in [4.69, 9.17) is 44.3 Å². The molecule has 3 N–H and O–H groups in total. The van der Waals surface area contributed by atoms with E-state index < -0.39 is 17.7 Å². The van der Waals surface area contributed by atoms with Crippen LogP contribution in [0.3, 0.4) is 0 Å². The number of ether oxygens (including phenoxy) is 2. The van der Waals surface area contributed by atoms with Crippen molar-refractivity contribution in [1.82, 2.24) is 4.68 Å². The van der Waals surface area contributed by atoms with Crippen LogP contribution in [-0.4, -0.2) is 29.2 Å². The molecule has 0 bridgehead atoms. The zero-order valence-electron chi connectivity index (χ0n) is 18.1. The number of fused-ring (bicyclic) bond motifs is 2. The van der Waals surface area contributed by atoms with Crippen molar-refractivity contribution in [3.63, 3.8) is 0 Å². The Morgan fingerprint density at radius 1 is 0.778 bits per heavy atom. The summed E-state index contributed by atoms with van der Waals surface area (Å²) >= 11 is 18.2. The van der Waals surface area contributed by atoms with Gasteiger partial charge in [-0.15, -0.1) is 0 Å². The quantitative estimate of drug-likeness (QED) is 0.302. The molecule has 1 aromatic heterocycles. The molecule has 12 heteroatoms. The van der Waals surface area contributed by atoms with Crippen LogP contribution in [0.2, 0.25) is 15.1 Å². The summed E-state index contributed by atoms with van der Waals surface area (Å²) in [5, 5.41) is 6.79. The first-order valence-electron chi connectivity index (χ1n) is 10.4. The molecule has 3 aromatic carbocycles. The molecule has 3 amide bonds. The van der Waals surface area contributed by atoms with Gasteiger partial charge >= 0.3 is 11.8 Å². The highest BCUT2D eigenvalue weighted by Crippen LogP contribution is 2.34. The molecule has 4 aromatic rings. The number of nitrogens with zero attached hydrogens (tertiary/aromatic N) is 1. The number of hydrogen-bond acceptors (Lipinski definition) is 5. The number of benzene rings is 3. The van der Waals surface area contributed by atoms with Gasteiger partial charge in [0.2, 0.25) is 6.79 Å². The molecular weight excluding hydrogens is 531 g/mol. The Kier molecular flexibility index (Phi) is 6.36. The molecule has 0 unspecified atom stereocenters. The lowest BCUT2D eigenvalue weighted by Gasteiger charge is -2.13. The Balaban J connectivity index is 1.41. The number of halogens is 3. The Morgan fingerprint density at radius 3 is 2.33 bits per heavy atom. The third-order valence-corrected chi connectivity index (χ3v) is 6.01. The highest BCUT2D eigenvalue weighted by Gasteiger charge is 2.22. The van der Waals surface area contributed by atoms with Gasteiger partial charge < -0.3 is 20.1 Å². The van der Waals surface area contributed by atoms with Crippen molar-refractivity contribution < 1.29 is 23.9 Å². The zero-order chi connectivity index (χ0) is 25.4. The van der Waals surface area contributed by atoms with Gasteiger partial charge in [0.25, 0.3) is 5.91 Å². The van der Waals surface area contributed by atoms with Crippen LogP contribution in [0.15, 0.2) is 60.7 Å². The fourth-order valence-electron chi connectivity index (χ4n) is 3.57. The first kappa shape index (κ1) is 23.8. The molecule has 0 saturated carbocycles. The Morgan fingerprint density at radius 2 is 1.53 bits per heavy atom. The molecular formula is C24H15Cl3N4O5. The minimum atomic E-state index is -1.02. The number of rotatable bonds is 4. The summed E-state index contributed by atoms with van der Waals surface area (Å²) in [6.45, 7) is 0.0734. The molecule has 2 heterocycles. The number of hydrogen-bond donors (Lipinski definition) is 3. The molecule has 0 aliphatic carbocycles. The monoisotopic (exact) mass is 544 g/mol. The van der Waals surface area contributed by atoms with Gasteiger partial charge in [0.1, 0.15) is 5.69 Å². The van der Waals surface area contributed by atoms with E-state index in [1.165, 1.54) is 22.9 Å². The van der Waals surface area contributed by atoms with Gasteiger partial charge in [-0.2, -0.15) is 0 Å². The second kappa shape index (κ2) is 9.62. The topological polar surface area (TPSA) is 111 Å². The van der Waals surface area contributed by atoms with Gasteiger partial charge in [-0.05, 0) is 54.6 Å². The summed E-state index contributed by atoms with van der Waals surface area (Å²) in [6.07, 6.45) is 0. The van der Waals surface area contributed by atoms with E-state index in [1.54, 1.807) is 42.5 Å². The molecule has 0 radical (unpaired) electrons. The maximum atomic E-state index is 13.1. The van der Waals surface area contributed by atoms with E-state index in [2.05, 4.69) is 16.1 Å². The lowest BCUT2D eigenvalue weighted by Crippen LogP contribution is -2.36. The maximum absolute atomic E-state index is 13.1. The maximum Gasteiger partial charge on any atom is 0.328 e. The molecule has 1 aliphatic rings. The molecule has 0 atom stereocenters. The van der Waals surface area contributed by atoms with E-state index in [-0.39, 0.29) is 17.5 Å². The van der Waals surface area contributed by atoms with Crippen LogP contribution in [-0.2, 0) is 9.59 Å². The highest BCUT2D eigenvalue weighted by atomic mass is 35.5. The van der Waals surface area contributed by atoms with Gasteiger partial charge in [0.15, 0.2) is 11.5 Å². The summed E-state index contributed by atoms with van der Waals surface area (Å²) < 4.78 is 11.7. The van der Waals surface area contributed by atoms with Crippen molar-refractivity contribution in [3.8, 4) is 11.5 Å². The molecule has 1 aliphatic heterocycles. The number of amides is 3. The number of carbonyl (C=O) groups is 3. The normalized spacial score (nSPS) is 11.9. The number of aromatic nitrogens is 1. The van der Waals surface area contributed by atoms with Gasteiger partial charge in [-0.3, -0.25) is 19.8 Å². The number of carbonyl (C=O) groups excluding carboxylic acids is 3. The molecule has 36 heavy (non-hydrogen) atoms. The van der Waals surface area contributed by atoms with Crippen LogP contribution in [0.1, 0.15) is 10.5 Å². The lowest BCUT2D eigenvalue weighted by atomic mass is 10.2. The molecule has 9 nitrogen and oxygen atoms in total. The Labute approximate surface area is 218 Å². The van der Waals surface area contributed by atoms with Crippen molar-refractivity contribution in [2.75, 3.05) is 22.9 Å². The van der Waals surface area contributed by atoms with Gasteiger partial charge in [-0.1, -0.05) is 34.8 Å². The van der Waals surface area contributed by atoms with Crippen LogP contribution in [0.25, 0.3) is 10.9 Å². The fourth-order valence-corrected chi connectivity index (χ4v) is 4.20. The summed E-state index contributed by atoms with van der Waals surface area (Å²) in [5.74, 6) is -1.59. The van der Waals surface area contributed by atoms with Crippen molar-refractivity contribution in [2.45, 2.75) is 0 Å². The van der Waals surface area contributed by atoms with Gasteiger partial charge in [-0.25, -0.2) is 4.68 Å². The number of nitrogens with one attached hydrogen (secondary N) is 3. The lowest BCUT2D eigenvalue weighted by molar-refractivity contribution is -0.133.